The summed E-state index contributed by atoms with van der Waals surface area (Å²) in [5.74, 6) is -1.71. The number of carbonyl (C=O) groups is 1. The van der Waals surface area contributed by atoms with Crippen LogP contribution in [0.2, 0.25) is 0 Å². The van der Waals surface area contributed by atoms with Crippen LogP contribution in [0.15, 0.2) is 0 Å². The molecule has 0 aromatic rings. The molecule has 0 aromatic carbocycles. The molecule has 0 aliphatic heterocycles. The maximum atomic E-state index is 12.7. The van der Waals surface area contributed by atoms with E-state index in [1.807, 2.05) is 6.07 Å². The third-order valence-corrected chi connectivity index (χ3v) is 4.83. The smallest absolute Gasteiger partial charge is 0.326 e. The molecule has 0 aromatic heterocycles. The van der Waals surface area contributed by atoms with Crippen LogP contribution in [0.5, 0.6) is 0 Å². The summed E-state index contributed by atoms with van der Waals surface area (Å²) in [6, 6.07) is 2.13. The average molecular weight is 302 g/mol. The summed E-state index contributed by atoms with van der Waals surface area (Å²) in [4.78, 5) is 14.1. The van der Waals surface area contributed by atoms with Crippen molar-refractivity contribution in [3.8, 4) is 6.07 Å². The average Bonchev–Trinajstić information content (AvgIpc) is 2.97. The molecule has 0 N–H and O–H groups in total. The van der Waals surface area contributed by atoms with E-state index in [1.165, 1.54) is 0 Å². The Kier molecular flexibility index (Phi) is 5.13. The molecular weight excluding hydrogens is 281 g/mol. The quantitative estimate of drug-likeness (QED) is 0.747. The van der Waals surface area contributed by atoms with Gasteiger partial charge >= 0.3 is 6.18 Å². The highest BCUT2D eigenvalue weighted by atomic mass is 19.4. The number of nitrogens with zero attached hydrogens (tertiary/aromatic N) is 2. The van der Waals surface area contributed by atoms with Crippen molar-refractivity contribution in [2.45, 2.75) is 63.6 Å². The molecule has 0 radical (unpaired) electrons. The standard InChI is InChI=1S/C15H21F3N2O/c16-15(17,18)12-7-5-11(6-8-12)14(21)20(10-9-19)13-3-1-2-4-13/h11-13H,1-8,10H2. The first-order valence-corrected chi connectivity index (χ1v) is 7.67. The highest BCUT2D eigenvalue weighted by molar-refractivity contribution is 5.79. The number of amides is 1. The Hall–Kier alpha value is -1.25. The predicted octanol–water partition coefficient (Wildman–Crippen LogP) is 3.65. The van der Waals surface area contributed by atoms with Crippen LogP contribution in [0.25, 0.3) is 0 Å². The molecular formula is C15H21F3N2O. The van der Waals surface area contributed by atoms with Crippen LogP contribution in [-0.4, -0.2) is 29.6 Å². The maximum absolute atomic E-state index is 12.7. The summed E-state index contributed by atoms with van der Waals surface area (Å²) in [5.41, 5.74) is 0. The Morgan fingerprint density at radius 3 is 2.14 bits per heavy atom. The lowest BCUT2D eigenvalue weighted by molar-refractivity contribution is -0.185. The largest absolute Gasteiger partial charge is 0.391 e. The first-order chi connectivity index (χ1) is 9.93. The number of nitriles is 1. The van der Waals surface area contributed by atoms with E-state index in [4.69, 9.17) is 5.26 Å². The van der Waals surface area contributed by atoms with Gasteiger partial charge in [0.05, 0.1) is 12.0 Å². The molecule has 0 saturated heterocycles. The summed E-state index contributed by atoms with van der Waals surface area (Å²) in [6.07, 6.45) is 0.426. The molecule has 6 heteroatoms. The van der Waals surface area contributed by atoms with E-state index < -0.39 is 12.1 Å². The second-order valence-electron chi connectivity index (χ2n) is 6.15. The molecule has 2 saturated carbocycles. The van der Waals surface area contributed by atoms with Gasteiger partial charge in [0.2, 0.25) is 5.91 Å². The molecule has 0 bridgehead atoms. The van der Waals surface area contributed by atoms with Gasteiger partial charge in [0.1, 0.15) is 6.54 Å². The van der Waals surface area contributed by atoms with E-state index in [0.717, 1.165) is 25.7 Å². The molecule has 2 aliphatic rings. The minimum atomic E-state index is -4.15. The van der Waals surface area contributed by atoms with Gasteiger partial charge in [-0.25, -0.2) is 0 Å². The van der Waals surface area contributed by atoms with E-state index in [-0.39, 0.29) is 50.1 Å². The minimum Gasteiger partial charge on any atom is -0.326 e. The number of hydrogen-bond acceptors (Lipinski definition) is 2. The van der Waals surface area contributed by atoms with Crippen molar-refractivity contribution in [1.82, 2.24) is 4.90 Å². The van der Waals surface area contributed by atoms with Crippen molar-refractivity contribution in [2.24, 2.45) is 11.8 Å². The first kappa shape index (κ1) is 16.1. The van der Waals surface area contributed by atoms with E-state index in [1.54, 1.807) is 4.90 Å². The zero-order valence-corrected chi connectivity index (χ0v) is 12.0. The van der Waals surface area contributed by atoms with Crippen molar-refractivity contribution in [3.05, 3.63) is 0 Å². The van der Waals surface area contributed by atoms with E-state index in [0.29, 0.717) is 0 Å². The Labute approximate surface area is 123 Å². The fourth-order valence-corrected chi connectivity index (χ4v) is 3.58. The van der Waals surface area contributed by atoms with Crippen LogP contribution in [0.4, 0.5) is 13.2 Å². The first-order valence-electron chi connectivity index (χ1n) is 7.67. The van der Waals surface area contributed by atoms with Gasteiger partial charge in [0.25, 0.3) is 0 Å². The van der Waals surface area contributed by atoms with Gasteiger partial charge in [-0.3, -0.25) is 4.79 Å². The molecule has 2 rings (SSSR count). The number of carbonyl (C=O) groups excluding carboxylic acids is 1. The predicted molar refractivity (Wildman–Crippen MR) is 71.1 cm³/mol. The van der Waals surface area contributed by atoms with Crippen molar-refractivity contribution in [1.29, 1.82) is 5.26 Å². The van der Waals surface area contributed by atoms with Gasteiger partial charge < -0.3 is 4.90 Å². The monoisotopic (exact) mass is 302 g/mol. The van der Waals surface area contributed by atoms with Crippen molar-refractivity contribution in [2.75, 3.05) is 6.54 Å². The van der Waals surface area contributed by atoms with Gasteiger partial charge in [0, 0.05) is 12.0 Å². The van der Waals surface area contributed by atoms with Crippen molar-refractivity contribution >= 4 is 5.91 Å². The van der Waals surface area contributed by atoms with Crippen molar-refractivity contribution < 1.29 is 18.0 Å². The SMILES string of the molecule is N#CCN(C(=O)C1CCC(C(F)(F)F)CC1)C1CCCC1. The summed E-state index contributed by atoms with van der Waals surface area (Å²) in [5, 5.41) is 8.90. The van der Waals surface area contributed by atoms with Gasteiger partial charge in [-0.2, -0.15) is 18.4 Å². The van der Waals surface area contributed by atoms with Crippen LogP contribution in [-0.2, 0) is 4.79 Å². The Morgan fingerprint density at radius 2 is 1.67 bits per heavy atom. The third-order valence-electron chi connectivity index (χ3n) is 4.83. The molecule has 2 fully saturated rings. The van der Waals surface area contributed by atoms with Gasteiger partial charge in [0.15, 0.2) is 0 Å². The molecule has 0 atom stereocenters. The highest BCUT2D eigenvalue weighted by Gasteiger charge is 2.43. The lowest BCUT2D eigenvalue weighted by Crippen LogP contribution is -2.44. The van der Waals surface area contributed by atoms with E-state index >= 15 is 0 Å². The molecule has 118 valence electrons. The van der Waals surface area contributed by atoms with Crippen LogP contribution in [0, 0.1) is 23.2 Å². The topological polar surface area (TPSA) is 44.1 Å². The third kappa shape index (κ3) is 3.90. The zero-order chi connectivity index (χ0) is 15.5. The summed E-state index contributed by atoms with van der Waals surface area (Å²) in [6.45, 7) is 0.0582. The molecule has 3 nitrogen and oxygen atoms in total. The van der Waals surface area contributed by atoms with Crippen LogP contribution in [0.3, 0.4) is 0 Å². The molecule has 0 spiro atoms. The number of hydrogen-bond donors (Lipinski definition) is 0. The van der Waals surface area contributed by atoms with Crippen LogP contribution < -0.4 is 0 Å². The molecule has 1 amide bonds. The Balaban J connectivity index is 1.94. The lowest BCUT2D eigenvalue weighted by atomic mass is 9.81. The minimum absolute atomic E-state index is 0.0327. The fourth-order valence-electron chi connectivity index (χ4n) is 3.58. The van der Waals surface area contributed by atoms with E-state index in [9.17, 15) is 18.0 Å². The number of alkyl halides is 3. The Bertz CT molecular complexity index is 402. The highest BCUT2D eigenvalue weighted by Crippen LogP contribution is 2.40. The van der Waals surface area contributed by atoms with Crippen molar-refractivity contribution in [3.63, 3.8) is 0 Å². The lowest BCUT2D eigenvalue weighted by Gasteiger charge is -2.34. The van der Waals surface area contributed by atoms with Gasteiger partial charge in [-0.15, -0.1) is 0 Å². The van der Waals surface area contributed by atoms with Crippen LogP contribution in [0.1, 0.15) is 51.4 Å². The second kappa shape index (κ2) is 6.67. The van der Waals surface area contributed by atoms with Gasteiger partial charge in [-0.1, -0.05) is 12.8 Å². The van der Waals surface area contributed by atoms with Crippen LogP contribution >= 0.6 is 0 Å². The molecule has 21 heavy (non-hydrogen) atoms. The van der Waals surface area contributed by atoms with Gasteiger partial charge in [-0.05, 0) is 38.5 Å². The summed E-state index contributed by atoms with van der Waals surface area (Å²) >= 11 is 0. The summed E-state index contributed by atoms with van der Waals surface area (Å²) < 4.78 is 38.0. The Morgan fingerprint density at radius 1 is 1.10 bits per heavy atom. The maximum Gasteiger partial charge on any atom is 0.391 e. The summed E-state index contributed by atoms with van der Waals surface area (Å²) in [7, 11) is 0. The molecule has 2 aliphatic carbocycles. The van der Waals surface area contributed by atoms with E-state index in [2.05, 4.69) is 0 Å². The zero-order valence-electron chi connectivity index (χ0n) is 12.0. The number of halogens is 3. The fraction of sp³-hybridized carbons (Fsp3) is 0.867. The molecule has 0 unspecified atom stereocenters. The number of rotatable bonds is 3. The second-order valence-corrected chi connectivity index (χ2v) is 6.15. The molecule has 0 heterocycles. The normalized spacial score (nSPS) is 27.3.